The van der Waals surface area contributed by atoms with Gasteiger partial charge in [0, 0.05) is 12.0 Å². The number of rotatable bonds is 9. The highest BCUT2D eigenvalue weighted by Gasteiger charge is 2.37. The Balaban J connectivity index is 5.62. The second kappa shape index (κ2) is 10.2. The lowest BCUT2D eigenvalue weighted by Gasteiger charge is -2.35. The Morgan fingerprint density at radius 3 is 1.75 bits per heavy atom. The molecule has 6 nitrogen and oxygen atoms in total. The molecule has 0 fully saturated rings. The Hall–Kier alpha value is -1.69. The van der Waals surface area contributed by atoms with E-state index in [4.69, 9.17) is 5.11 Å². The Kier molecular flexibility index (Phi) is 9.58. The third kappa shape index (κ3) is 8.13. The summed E-state index contributed by atoms with van der Waals surface area (Å²) in [4.78, 5) is 37.2. The summed E-state index contributed by atoms with van der Waals surface area (Å²) in [6.45, 7) is 17.1. The quantitative estimate of drug-likeness (QED) is 0.519. The summed E-state index contributed by atoms with van der Waals surface area (Å²) < 4.78 is 0. The van der Waals surface area contributed by atoms with Crippen LogP contribution in [0.4, 0.5) is 0 Å². The highest BCUT2D eigenvalue weighted by atomic mass is 16.4. The molecule has 1 unspecified atom stereocenters. The van der Waals surface area contributed by atoms with Crippen LogP contribution in [0.5, 0.6) is 0 Å². The molecule has 0 saturated heterocycles. The van der Waals surface area contributed by atoms with Gasteiger partial charge in [0.2, 0.25) is 5.91 Å². The van der Waals surface area contributed by atoms with E-state index in [1.54, 1.807) is 13.1 Å². The molecule has 1 amide bonds. The first-order valence-corrected chi connectivity index (χ1v) is 9.94. The van der Waals surface area contributed by atoms with E-state index in [0.29, 0.717) is 0 Å². The van der Waals surface area contributed by atoms with Crippen molar-refractivity contribution in [2.75, 3.05) is 7.05 Å². The molecule has 0 aromatic rings. The number of amides is 1. The van der Waals surface area contributed by atoms with E-state index < -0.39 is 23.5 Å². The van der Waals surface area contributed by atoms with Crippen LogP contribution in [-0.4, -0.2) is 41.9 Å². The van der Waals surface area contributed by atoms with E-state index in [-0.39, 0.29) is 40.9 Å². The summed E-state index contributed by atoms with van der Waals surface area (Å²) in [5, 5.41) is 15.1. The van der Waals surface area contributed by atoms with E-state index in [1.807, 2.05) is 55.4 Å². The predicted molar refractivity (Wildman–Crippen MR) is 113 cm³/mol. The topological polar surface area (TPSA) is 95.5 Å². The number of carboxylic acids is 1. The number of nitrogens with one attached hydrogen (secondary N) is 2. The van der Waals surface area contributed by atoms with Crippen molar-refractivity contribution in [1.29, 1.82) is 0 Å². The van der Waals surface area contributed by atoms with Gasteiger partial charge in [-0.25, -0.2) is 4.79 Å². The lowest BCUT2D eigenvalue weighted by atomic mass is 9.78. The number of hydrogen-bond donors (Lipinski definition) is 3. The van der Waals surface area contributed by atoms with Crippen LogP contribution < -0.4 is 10.6 Å². The molecule has 0 spiro atoms. The van der Waals surface area contributed by atoms with Crippen LogP contribution in [0.3, 0.4) is 0 Å². The lowest BCUT2D eigenvalue weighted by molar-refractivity contribution is -0.133. The number of carbonyl (C=O) groups excluding carboxylic acids is 2. The van der Waals surface area contributed by atoms with Crippen molar-refractivity contribution < 1.29 is 19.5 Å². The fraction of sp³-hybridized carbons (Fsp3) is 0.773. The predicted octanol–water partition coefficient (Wildman–Crippen LogP) is 3.41. The molecule has 0 aliphatic heterocycles. The smallest absolute Gasteiger partial charge is 0.330 e. The van der Waals surface area contributed by atoms with Gasteiger partial charge >= 0.3 is 5.97 Å². The summed E-state index contributed by atoms with van der Waals surface area (Å²) in [5.74, 6) is -1.37. The number of aliphatic carboxylic acids is 1. The first-order valence-electron chi connectivity index (χ1n) is 9.94. The molecule has 3 N–H and O–H groups in total. The number of likely N-dealkylation sites (N-methyl/N-ethyl adjacent to an activating group) is 1. The highest BCUT2D eigenvalue weighted by molar-refractivity contribution is 5.92. The van der Waals surface area contributed by atoms with E-state index in [0.717, 1.165) is 0 Å². The summed E-state index contributed by atoms with van der Waals surface area (Å²) in [6.07, 6.45) is 1.84. The normalized spacial score (nSPS) is 16.5. The molecule has 0 saturated carbocycles. The number of ketones is 1. The molecular weight excluding hydrogens is 356 g/mol. The largest absolute Gasteiger partial charge is 0.478 e. The van der Waals surface area contributed by atoms with E-state index in [1.165, 1.54) is 6.92 Å². The maximum Gasteiger partial charge on any atom is 0.330 e. The van der Waals surface area contributed by atoms with Gasteiger partial charge in [-0.2, -0.15) is 0 Å². The molecule has 0 aromatic carbocycles. The van der Waals surface area contributed by atoms with Gasteiger partial charge < -0.3 is 15.7 Å². The molecule has 6 heteroatoms. The molecule has 0 bridgehead atoms. The van der Waals surface area contributed by atoms with Crippen molar-refractivity contribution in [2.45, 2.75) is 80.8 Å². The van der Waals surface area contributed by atoms with Gasteiger partial charge in [-0.15, -0.1) is 0 Å². The molecular formula is C22H40N2O4. The first kappa shape index (κ1) is 26.3. The van der Waals surface area contributed by atoms with Crippen molar-refractivity contribution in [1.82, 2.24) is 10.6 Å². The SMILES string of the molecule is CNC(C(=O)N[C@H](C(=O)C[C@H](/C=C(\C)C(=O)O)C(C)C)C(C)(C)C)C(C)(C)C. The van der Waals surface area contributed by atoms with Crippen LogP contribution >= 0.6 is 0 Å². The van der Waals surface area contributed by atoms with Crippen molar-refractivity contribution >= 4 is 17.7 Å². The Bertz CT molecular complexity index is 595. The van der Waals surface area contributed by atoms with E-state index in [2.05, 4.69) is 10.6 Å². The summed E-state index contributed by atoms with van der Waals surface area (Å²) in [5.41, 5.74) is -0.534. The zero-order valence-corrected chi connectivity index (χ0v) is 19.3. The van der Waals surface area contributed by atoms with Gasteiger partial charge in [0.25, 0.3) is 0 Å². The second-order valence-electron chi connectivity index (χ2n) is 10.1. The molecule has 0 aliphatic rings. The molecule has 3 atom stereocenters. The van der Waals surface area contributed by atoms with Gasteiger partial charge in [-0.3, -0.25) is 9.59 Å². The summed E-state index contributed by atoms with van der Waals surface area (Å²) in [6, 6.07) is -1.09. The average Bonchev–Trinajstić information content (AvgIpc) is 2.49. The van der Waals surface area contributed by atoms with Crippen LogP contribution in [0, 0.1) is 22.7 Å². The molecule has 28 heavy (non-hydrogen) atoms. The van der Waals surface area contributed by atoms with Gasteiger partial charge in [-0.05, 0) is 36.6 Å². The third-order valence-corrected chi connectivity index (χ3v) is 4.99. The number of hydrogen-bond acceptors (Lipinski definition) is 4. The minimum Gasteiger partial charge on any atom is -0.478 e. The van der Waals surface area contributed by atoms with Crippen LogP contribution in [0.15, 0.2) is 11.6 Å². The Morgan fingerprint density at radius 2 is 1.43 bits per heavy atom. The Morgan fingerprint density at radius 1 is 0.964 bits per heavy atom. The van der Waals surface area contributed by atoms with Gasteiger partial charge in [0.05, 0.1) is 12.1 Å². The number of Topliss-reactive ketones (excluding diaryl/α,β-unsaturated/α-hetero) is 1. The van der Waals surface area contributed by atoms with Crippen molar-refractivity contribution in [2.24, 2.45) is 22.7 Å². The van der Waals surface area contributed by atoms with Crippen molar-refractivity contribution in [3.63, 3.8) is 0 Å². The van der Waals surface area contributed by atoms with Crippen LogP contribution in [0.2, 0.25) is 0 Å². The minimum atomic E-state index is -0.985. The van der Waals surface area contributed by atoms with Crippen LogP contribution in [-0.2, 0) is 14.4 Å². The average molecular weight is 397 g/mol. The zero-order valence-electron chi connectivity index (χ0n) is 19.3. The molecule has 0 aliphatic carbocycles. The van der Waals surface area contributed by atoms with Gasteiger partial charge in [-0.1, -0.05) is 61.5 Å². The Labute approximate surface area is 170 Å². The standard InChI is InChI=1S/C22H40N2O4/c1-13(2)15(11-14(3)20(27)28)12-16(25)17(21(4,5)6)24-19(26)18(23-10)22(7,8)9/h11,13,15,17-18,23H,12H2,1-10H3,(H,24,26)(H,27,28)/b14-11+/t15-,17+,18?/m0/s1. The zero-order chi connectivity index (χ0) is 22.4. The molecule has 0 heterocycles. The second-order valence-corrected chi connectivity index (χ2v) is 10.1. The van der Waals surface area contributed by atoms with E-state index >= 15 is 0 Å². The molecule has 0 aromatic heterocycles. The summed E-state index contributed by atoms with van der Waals surface area (Å²) >= 11 is 0. The first-order chi connectivity index (χ1) is 12.5. The van der Waals surface area contributed by atoms with E-state index in [9.17, 15) is 14.4 Å². The number of carboxylic acid groups (broad SMARTS) is 1. The van der Waals surface area contributed by atoms with Gasteiger partial charge in [0.1, 0.15) is 0 Å². The number of carbonyl (C=O) groups is 3. The maximum absolute atomic E-state index is 13.1. The highest BCUT2D eigenvalue weighted by Crippen LogP contribution is 2.27. The number of allylic oxidation sites excluding steroid dienone is 1. The fourth-order valence-electron chi connectivity index (χ4n) is 3.19. The fourth-order valence-corrected chi connectivity index (χ4v) is 3.19. The van der Waals surface area contributed by atoms with Crippen molar-refractivity contribution in [3.05, 3.63) is 11.6 Å². The minimum absolute atomic E-state index is 0.0854. The third-order valence-electron chi connectivity index (χ3n) is 4.99. The lowest BCUT2D eigenvalue weighted by Crippen LogP contribution is -2.57. The monoisotopic (exact) mass is 396 g/mol. The summed E-state index contributed by atoms with van der Waals surface area (Å²) in [7, 11) is 1.73. The van der Waals surface area contributed by atoms with Crippen molar-refractivity contribution in [3.8, 4) is 0 Å². The van der Waals surface area contributed by atoms with Crippen LogP contribution in [0.1, 0.15) is 68.7 Å². The molecule has 0 rings (SSSR count). The maximum atomic E-state index is 13.1. The molecule has 162 valence electrons. The van der Waals surface area contributed by atoms with Gasteiger partial charge in [0.15, 0.2) is 5.78 Å². The molecule has 0 radical (unpaired) electrons. The van der Waals surface area contributed by atoms with Crippen LogP contribution in [0.25, 0.3) is 0 Å².